The fraction of sp³-hybridized carbons (Fsp3) is 0.875. The van der Waals surface area contributed by atoms with Gasteiger partial charge in [-0.25, -0.2) is 4.79 Å². The van der Waals surface area contributed by atoms with Crippen LogP contribution in [0.1, 0.15) is 32.1 Å². The molecule has 1 saturated carbocycles. The van der Waals surface area contributed by atoms with Crippen molar-refractivity contribution in [2.45, 2.75) is 38.1 Å². The van der Waals surface area contributed by atoms with E-state index in [9.17, 15) is 4.79 Å². The van der Waals surface area contributed by atoms with Gasteiger partial charge in [0.1, 0.15) is 0 Å². The Morgan fingerprint density at radius 1 is 1.42 bits per heavy atom. The number of amides is 2. The lowest BCUT2D eigenvalue weighted by atomic mass is 9.96. The number of rotatable bonds is 2. The van der Waals surface area contributed by atoms with E-state index in [1.54, 1.807) is 4.31 Å². The molecule has 0 spiro atoms. The first kappa shape index (κ1) is 9.71. The monoisotopic (exact) mass is 188 g/mol. The fourth-order valence-corrected chi connectivity index (χ4v) is 2.42. The second-order valence-electron chi connectivity index (χ2n) is 3.14. The minimum Gasteiger partial charge on any atom is -0.351 e. The van der Waals surface area contributed by atoms with E-state index in [0.717, 1.165) is 12.8 Å². The molecule has 1 aliphatic carbocycles. The summed E-state index contributed by atoms with van der Waals surface area (Å²) in [7, 11) is 0. The maximum atomic E-state index is 11.0. The molecule has 1 rings (SSSR count). The largest absolute Gasteiger partial charge is 0.351 e. The molecule has 12 heavy (non-hydrogen) atoms. The summed E-state index contributed by atoms with van der Waals surface area (Å²) < 4.78 is 1.71. The molecule has 0 atom stereocenters. The average Bonchev–Trinajstić information content (AvgIpc) is 2.07. The van der Waals surface area contributed by atoms with Gasteiger partial charge in [-0.05, 0) is 24.8 Å². The minimum atomic E-state index is -0.297. The number of carbonyl (C=O) groups excluding carboxylic acids is 1. The van der Waals surface area contributed by atoms with Crippen LogP contribution in [-0.2, 0) is 0 Å². The van der Waals surface area contributed by atoms with Crippen molar-refractivity contribution in [2.75, 3.05) is 6.26 Å². The standard InChI is InChI=1S/C8H16N2OS/c1-12-10(8(9)11)7-5-3-2-4-6-7/h7H,2-6H2,1H3,(H2,9,11). The normalized spacial score (nSPS) is 19.1. The van der Waals surface area contributed by atoms with Gasteiger partial charge in [-0.15, -0.1) is 0 Å². The van der Waals surface area contributed by atoms with Crippen molar-refractivity contribution in [3.05, 3.63) is 0 Å². The van der Waals surface area contributed by atoms with Gasteiger partial charge >= 0.3 is 6.03 Å². The first-order valence-electron chi connectivity index (χ1n) is 4.38. The highest BCUT2D eigenvalue weighted by Crippen LogP contribution is 2.25. The Hall–Kier alpha value is -0.380. The van der Waals surface area contributed by atoms with Crippen molar-refractivity contribution < 1.29 is 4.79 Å². The lowest BCUT2D eigenvalue weighted by Crippen LogP contribution is -2.39. The quantitative estimate of drug-likeness (QED) is 0.673. The van der Waals surface area contributed by atoms with E-state index in [2.05, 4.69) is 0 Å². The lowest BCUT2D eigenvalue weighted by Gasteiger charge is -2.30. The summed E-state index contributed by atoms with van der Waals surface area (Å²) in [5.41, 5.74) is 5.24. The van der Waals surface area contributed by atoms with E-state index in [-0.39, 0.29) is 6.03 Å². The highest BCUT2D eigenvalue weighted by Gasteiger charge is 2.22. The topological polar surface area (TPSA) is 46.3 Å². The molecule has 0 aliphatic heterocycles. The molecular weight excluding hydrogens is 172 g/mol. The second kappa shape index (κ2) is 4.60. The molecule has 0 unspecified atom stereocenters. The predicted molar refractivity (Wildman–Crippen MR) is 51.8 cm³/mol. The van der Waals surface area contributed by atoms with Crippen LogP contribution in [0.3, 0.4) is 0 Å². The van der Waals surface area contributed by atoms with Gasteiger partial charge in [0.2, 0.25) is 0 Å². The molecule has 0 bridgehead atoms. The maximum absolute atomic E-state index is 11.0. The molecule has 0 saturated heterocycles. The Morgan fingerprint density at radius 3 is 2.42 bits per heavy atom. The van der Waals surface area contributed by atoms with Crippen LogP contribution in [0.25, 0.3) is 0 Å². The molecule has 1 fully saturated rings. The van der Waals surface area contributed by atoms with Gasteiger partial charge in [0.15, 0.2) is 0 Å². The third-order valence-electron chi connectivity index (χ3n) is 2.32. The molecule has 2 N–H and O–H groups in total. The Morgan fingerprint density at radius 2 is 2.00 bits per heavy atom. The van der Waals surface area contributed by atoms with Crippen LogP contribution in [0.5, 0.6) is 0 Å². The van der Waals surface area contributed by atoms with E-state index < -0.39 is 0 Å². The van der Waals surface area contributed by atoms with Crippen LogP contribution in [-0.4, -0.2) is 22.6 Å². The number of nitrogens with two attached hydrogens (primary N) is 1. The number of urea groups is 1. The van der Waals surface area contributed by atoms with Gasteiger partial charge < -0.3 is 5.73 Å². The summed E-state index contributed by atoms with van der Waals surface area (Å²) in [6, 6.07) is 0.0839. The predicted octanol–water partition coefficient (Wildman–Crippen LogP) is 1.98. The van der Waals surface area contributed by atoms with Gasteiger partial charge in [-0.1, -0.05) is 19.3 Å². The molecule has 0 radical (unpaired) electrons. The third-order valence-corrected chi connectivity index (χ3v) is 3.19. The summed E-state index contributed by atoms with van der Waals surface area (Å²) in [5.74, 6) is 0. The first-order valence-corrected chi connectivity index (χ1v) is 5.56. The van der Waals surface area contributed by atoms with Crippen molar-refractivity contribution in [1.29, 1.82) is 0 Å². The van der Waals surface area contributed by atoms with Crippen molar-refractivity contribution in [1.82, 2.24) is 4.31 Å². The Balaban J connectivity index is 2.46. The average molecular weight is 188 g/mol. The number of primary amides is 1. The third kappa shape index (κ3) is 2.30. The smallest absolute Gasteiger partial charge is 0.325 e. The van der Waals surface area contributed by atoms with Gasteiger partial charge in [0.05, 0.1) is 0 Å². The highest BCUT2D eigenvalue weighted by atomic mass is 32.2. The molecular formula is C8H16N2OS. The molecule has 0 heterocycles. The summed E-state index contributed by atoms with van der Waals surface area (Å²) in [6.45, 7) is 0. The van der Waals surface area contributed by atoms with E-state index in [0.29, 0.717) is 6.04 Å². The maximum Gasteiger partial charge on any atom is 0.325 e. The fourth-order valence-electron chi connectivity index (χ4n) is 1.73. The number of carbonyl (C=O) groups is 1. The van der Waals surface area contributed by atoms with Crippen molar-refractivity contribution in [2.24, 2.45) is 5.73 Å². The van der Waals surface area contributed by atoms with E-state index in [4.69, 9.17) is 5.73 Å². The van der Waals surface area contributed by atoms with Crippen molar-refractivity contribution in [3.63, 3.8) is 0 Å². The number of hydrogen-bond acceptors (Lipinski definition) is 2. The van der Waals surface area contributed by atoms with E-state index in [1.807, 2.05) is 6.26 Å². The molecule has 0 aromatic carbocycles. The second-order valence-corrected chi connectivity index (χ2v) is 3.90. The van der Waals surface area contributed by atoms with Crippen LogP contribution in [0.15, 0.2) is 0 Å². The van der Waals surface area contributed by atoms with Gasteiger partial charge in [0, 0.05) is 12.3 Å². The van der Waals surface area contributed by atoms with Crippen LogP contribution in [0.2, 0.25) is 0 Å². The number of hydrogen-bond donors (Lipinski definition) is 1. The Kier molecular flexibility index (Phi) is 3.72. The minimum absolute atomic E-state index is 0.297. The first-order chi connectivity index (χ1) is 5.75. The zero-order valence-corrected chi connectivity index (χ0v) is 8.27. The van der Waals surface area contributed by atoms with Gasteiger partial charge in [-0.3, -0.25) is 4.31 Å². The zero-order chi connectivity index (χ0) is 8.97. The Labute approximate surface area is 77.8 Å². The Bertz CT molecular complexity index is 157. The summed E-state index contributed by atoms with van der Waals surface area (Å²) in [4.78, 5) is 11.0. The SMILES string of the molecule is CSN(C(N)=O)C1CCCCC1. The van der Waals surface area contributed by atoms with Crippen LogP contribution in [0.4, 0.5) is 4.79 Å². The molecule has 4 heteroatoms. The van der Waals surface area contributed by atoms with Crippen LogP contribution < -0.4 is 5.73 Å². The molecule has 3 nitrogen and oxygen atoms in total. The summed E-state index contributed by atoms with van der Waals surface area (Å²) in [6.07, 6.45) is 7.90. The molecule has 70 valence electrons. The van der Waals surface area contributed by atoms with Crippen molar-refractivity contribution >= 4 is 18.0 Å². The molecule has 2 amide bonds. The molecule has 0 aromatic heterocycles. The highest BCUT2D eigenvalue weighted by molar-refractivity contribution is 7.96. The van der Waals surface area contributed by atoms with Crippen LogP contribution >= 0.6 is 11.9 Å². The van der Waals surface area contributed by atoms with Crippen molar-refractivity contribution in [3.8, 4) is 0 Å². The van der Waals surface area contributed by atoms with Gasteiger partial charge in [-0.2, -0.15) is 0 Å². The molecule has 0 aromatic rings. The molecule has 1 aliphatic rings. The van der Waals surface area contributed by atoms with Crippen LogP contribution in [0, 0.1) is 0 Å². The lowest BCUT2D eigenvalue weighted by molar-refractivity contribution is 0.214. The summed E-state index contributed by atoms with van der Waals surface area (Å²) in [5, 5.41) is 0. The van der Waals surface area contributed by atoms with E-state index in [1.165, 1.54) is 31.2 Å². The zero-order valence-electron chi connectivity index (χ0n) is 7.45. The van der Waals surface area contributed by atoms with Gasteiger partial charge in [0.25, 0.3) is 0 Å². The van der Waals surface area contributed by atoms with E-state index >= 15 is 0 Å². The number of nitrogens with zero attached hydrogens (tertiary/aromatic N) is 1. The summed E-state index contributed by atoms with van der Waals surface area (Å²) >= 11 is 1.44.